The van der Waals surface area contributed by atoms with Crippen molar-refractivity contribution in [3.8, 4) is 0 Å². The number of hydrogen-bond donors (Lipinski definition) is 3. The lowest BCUT2D eigenvalue weighted by atomic mass is 10.1. The van der Waals surface area contributed by atoms with Crippen LogP contribution in [-0.2, 0) is 45.4 Å². The second-order valence-electron chi connectivity index (χ2n) is 11.9. The van der Waals surface area contributed by atoms with Crippen LogP contribution in [0.15, 0.2) is 127 Å². The van der Waals surface area contributed by atoms with Gasteiger partial charge < -0.3 is 20.9 Å². The van der Waals surface area contributed by atoms with Crippen LogP contribution in [0.2, 0.25) is 0 Å². The lowest BCUT2D eigenvalue weighted by Gasteiger charge is -2.23. The van der Waals surface area contributed by atoms with Gasteiger partial charge in [0.25, 0.3) is 5.91 Å². The SMILES string of the molecule is N=C(N)c1ccc(CCc2nc3cc(C(=O)N(Cc4ccccc4)Cc4ccc(CN)cc4)ccc3n2CCc2ccccc2)cc1. The molecule has 5 N–H and O–H groups in total. The summed E-state index contributed by atoms with van der Waals surface area (Å²) in [6.07, 6.45) is 2.42. The fourth-order valence-electron chi connectivity index (χ4n) is 5.93. The molecule has 1 aromatic heterocycles. The summed E-state index contributed by atoms with van der Waals surface area (Å²) < 4.78 is 2.29. The Balaban J connectivity index is 1.29. The summed E-state index contributed by atoms with van der Waals surface area (Å²) in [7, 11) is 0. The van der Waals surface area contributed by atoms with E-state index in [-0.39, 0.29) is 11.7 Å². The molecule has 0 saturated heterocycles. The Bertz CT molecular complexity index is 1950. The van der Waals surface area contributed by atoms with Gasteiger partial charge in [0.05, 0.1) is 11.0 Å². The highest BCUT2D eigenvalue weighted by atomic mass is 16.2. The Morgan fingerprint density at radius 3 is 1.85 bits per heavy atom. The first-order valence-electron chi connectivity index (χ1n) is 16.0. The van der Waals surface area contributed by atoms with Gasteiger partial charge in [0.2, 0.25) is 0 Å². The molecule has 1 amide bonds. The molecule has 0 fully saturated rings. The second-order valence-corrected chi connectivity index (χ2v) is 11.9. The van der Waals surface area contributed by atoms with Crippen molar-refractivity contribution in [3.63, 3.8) is 0 Å². The van der Waals surface area contributed by atoms with Crippen molar-refractivity contribution in [1.82, 2.24) is 14.5 Å². The molecule has 0 aliphatic carbocycles. The van der Waals surface area contributed by atoms with Gasteiger partial charge in [-0.05, 0) is 58.9 Å². The van der Waals surface area contributed by atoms with Gasteiger partial charge >= 0.3 is 0 Å². The summed E-state index contributed by atoms with van der Waals surface area (Å²) in [5, 5.41) is 7.68. The number of aromatic nitrogens is 2. The summed E-state index contributed by atoms with van der Waals surface area (Å²) in [5.41, 5.74) is 20.2. The van der Waals surface area contributed by atoms with Crippen LogP contribution in [0.3, 0.4) is 0 Å². The molecule has 7 nitrogen and oxygen atoms in total. The molecule has 0 aliphatic rings. The van der Waals surface area contributed by atoms with E-state index in [0.29, 0.717) is 25.2 Å². The number of imidazole rings is 1. The number of nitrogens with two attached hydrogens (primary N) is 2. The second kappa shape index (κ2) is 14.7. The van der Waals surface area contributed by atoms with Crippen LogP contribution in [0.1, 0.15) is 49.6 Å². The molecule has 0 aliphatic heterocycles. The largest absolute Gasteiger partial charge is 0.384 e. The highest BCUT2D eigenvalue weighted by Gasteiger charge is 2.20. The Hall–Kier alpha value is -5.53. The molecule has 0 atom stereocenters. The molecule has 7 heteroatoms. The van der Waals surface area contributed by atoms with Crippen LogP contribution < -0.4 is 11.5 Å². The first-order chi connectivity index (χ1) is 23.0. The Morgan fingerprint density at radius 2 is 1.21 bits per heavy atom. The highest BCUT2D eigenvalue weighted by Crippen LogP contribution is 2.23. The monoisotopic (exact) mass is 620 g/mol. The average molecular weight is 621 g/mol. The molecule has 0 spiro atoms. The number of fused-ring (bicyclic) bond motifs is 1. The third-order valence-electron chi connectivity index (χ3n) is 8.58. The molecule has 1 heterocycles. The molecule has 236 valence electrons. The smallest absolute Gasteiger partial charge is 0.254 e. The fourth-order valence-corrected chi connectivity index (χ4v) is 5.93. The van der Waals surface area contributed by atoms with E-state index < -0.39 is 0 Å². The van der Waals surface area contributed by atoms with Crippen molar-refractivity contribution in [1.29, 1.82) is 5.41 Å². The summed E-state index contributed by atoms with van der Waals surface area (Å²) in [6.45, 7) is 2.25. The first kappa shape index (κ1) is 31.5. The predicted octanol–water partition coefficient (Wildman–Crippen LogP) is 6.65. The maximum absolute atomic E-state index is 14.2. The van der Waals surface area contributed by atoms with E-state index in [9.17, 15) is 4.79 Å². The van der Waals surface area contributed by atoms with E-state index in [1.807, 2.05) is 95.9 Å². The Morgan fingerprint density at radius 1 is 0.660 bits per heavy atom. The number of nitrogen functional groups attached to an aromatic ring is 1. The molecule has 0 unspecified atom stereocenters. The van der Waals surface area contributed by atoms with Crippen molar-refractivity contribution in [3.05, 3.63) is 172 Å². The standard InChI is InChI=1S/C40H40N6O/c41-26-31-11-13-33(14-12-31)28-45(27-32-9-5-2-6-10-32)40(47)35-20-21-37-36(25-35)44-38(46(37)24-23-29-7-3-1-4-8-29)22-17-30-15-18-34(19-16-30)39(42)43/h1-16,18-21,25H,17,22-24,26-28,41H2,(H3,42,43). The third kappa shape index (κ3) is 7.83. The van der Waals surface area contributed by atoms with Crippen LogP contribution in [0.5, 0.6) is 0 Å². The van der Waals surface area contributed by atoms with Gasteiger partial charge in [-0.15, -0.1) is 0 Å². The maximum atomic E-state index is 14.2. The number of rotatable bonds is 13. The molecule has 0 bridgehead atoms. The van der Waals surface area contributed by atoms with Gasteiger partial charge in [0, 0.05) is 43.7 Å². The van der Waals surface area contributed by atoms with Crippen LogP contribution in [-0.4, -0.2) is 26.2 Å². The number of carbonyl (C=O) groups is 1. The van der Waals surface area contributed by atoms with Crippen molar-refractivity contribution in [2.75, 3.05) is 0 Å². The topological polar surface area (TPSA) is 114 Å². The first-order valence-corrected chi connectivity index (χ1v) is 16.0. The Labute approximate surface area is 276 Å². The van der Waals surface area contributed by atoms with Crippen molar-refractivity contribution in [2.24, 2.45) is 11.5 Å². The lowest BCUT2D eigenvalue weighted by Crippen LogP contribution is -2.30. The van der Waals surface area contributed by atoms with E-state index in [4.69, 9.17) is 21.9 Å². The van der Waals surface area contributed by atoms with Gasteiger partial charge in [-0.3, -0.25) is 10.2 Å². The number of carbonyl (C=O) groups excluding carboxylic acids is 1. The van der Waals surface area contributed by atoms with Crippen LogP contribution in [0.25, 0.3) is 11.0 Å². The molecular weight excluding hydrogens is 580 g/mol. The van der Waals surface area contributed by atoms with E-state index in [1.165, 1.54) is 5.56 Å². The minimum Gasteiger partial charge on any atom is -0.384 e. The summed E-state index contributed by atoms with van der Waals surface area (Å²) in [4.78, 5) is 21.2. The quantitative estimate of drug-likeness (QED) is 0.0991. The van der Waals surface area contributed by atoms with Gasteiger partial charge in [-0.25, -0.2) is 4.98 Å². The highest BCUT2D eigenvalue weighted by molar-refractivity contribution is 5.97. The molecule has 6 rings (SSSR count). The van der Waals surface area contributed by atoms with Gasteiger partial charge in [-0.1, -0.05) is 109 Å². The number of benzene rings is 5. The molecule has 47 heavy (non-hydrogen) atoms. The van der Waals surface area contributed by atoms with Gasteiger partial charge in [-0.2, -0.15) is 0 Å². The number of amides is 1. The molecule has 0 radical (unpaired) electrons. The summed E-state index contributed by atoms with van der Waals surface area (Å²) >= 11 is 0. The Kier molecular flexibility index (Phi) is 9.84. The number of nitrogens with zero attached hydrogens (tertiary/aromatic N) is 3. The molecule has 0 saturated carbocycles. The maximum Gasteiger partial charge on any atom is 0.254 e. The van der Waals surface area contributed by atoms with Crippen LogP contribution in [0.4, 0.5) is 0 Å². The van der Waals surface area contributed by atoms with E-state index in [2.05, 4.69) is 41.0 Å². The number of aryl methyl sites for hydroxylation is 4. The fraction of sp³-hybridized carbons (Fsp3) is 0.175. The molecule has 5 aromatic carbocycles. The number of amidine groups is 1. The zero-order valence-corrected chi connectivity index (χ0v) is 26.5. The van der Waals surface area contributed by atoms with Crippen LogP contribution in [0, 0.1) is 5.41 Å². The van der Waals surface area contributed by atoms with E-state index in [0.717, 1.165) is 70.5 Å². The van der Waals surface area contributed by atoms with Crippen LogP contribution >= 0.6 is 0 Å². The predicted molar refractivity (Wildman–Crippen MR) is 189 cm³/mol. The zero-order valence-electron chi connectivity index (χ0n) is 26.5. The normalized spacial score (nSPS) is 11.1. The molecule has 6 aromatic rings. The minimum absolute atomic E-state index is 0.0374. The third-order valence-corrected chi connectivity index (χ3v) is 8.58. The summed E-state index contributed by atoms with van der Waals surface area (Å²) in [6, 6.07) is 42.4. The van der Waals surface area contributed by atoms with E-state index >= 15 is 0 Å². The van der Waals surface area contributed by atoms with Crippen molar-refractivity contribution in [2.45, 2.75) is 45.4 Å². The summed E-state index contributed by atoms with van der Waals surface area (Å²) in [5.74, 6) is 1.01. The van der Waals surface area contributed by atoms with E-state index in [1.54, 1.807) is 0 Å². The average Bonchev–Trinajstić information content (AvgIpc) is 3.47. The number of nitrogens with one attached hydrogen (secondary N) is 1. The van der Waals surface area contributed by atoms with Gasteiger partial charge in [0.1, 0.15) is 11.7 Å². The zero-order chi connectivity index (χ0) is 32.6. The molecular formula is C40H40N6O. The van der Waals surface area contributed by atoms with Crippen molar-refractivity contribution >= 4 is 22.8 Å². The minimum atomic E-state index is -0.0374. The number of hydrogen-bond acceptors (Lipinski definition) is 4. The van der Waals surface area contributed by atoms with Crippen molar-refractivity contribution < 1.29 is 4.79 Å². The van der Waals surface area contributed by atoms with Gasteiger partial charge in [0.15, 0.2) is 0 Å². The lowest BCUT2D eigenvalue weighted by molar-refractivity contribution is 0.0730.